The third-order valence-electron chi connectivity index (χ3n) is 4.88. The lowest BCUT2D eigenvalue weighted by atomic mass is 9.90. The molecule has 8 heteroatoms. The Morgan fingerprint density at radius 1 is 1.33 bits per heavy atom. The molecular weight excluding hydrogens is 343 g/mol. The number of thiophene rings is 1. The fourth-order valence-electron chi connectivity index (χ4n) is 3.52. The first-order valence-electron chi connectivity index (χ1n) is 7.87. The lowest BCUT2D eigenvalue weighted by molar-refractivity contribution is -0.187. The van der Waals surface area contributed by atoms with E-state index in [0.29, 0.717) is 10.8 Å². The topological polar surface area (TPSA) is 57.6 Å². The van der Waals surface area contributed by atoms with Gasteiger partial charge in [0.15, 0.2) is 0 Å². The molecule has 0 saturated carbocycles. The molecule has 132 valence electrons. The van der Waals surface area contributed by atoms with Gasteiger partial charge in [-0.05, 0) is 36.8 Å². The number of hydrogen-bond acceptors (Lipinski definition) is 3. The fraction of sp³-hybridized carbons (Fsp3) is 0.625. The van der Waals surface area contributed by atoms with E-state index in [1.54, 1.807) is 6.07 Å². The molecule has 1 aromatic rings. The zero-order valence-corrected chi connectivity index (χ0v) is 13.9. The van der Waals surface area contributed by atoms with Crippen molar-refractivity contribution in [3.8, 4) is 0 Å². The molecule has 0 aromatic carbocycles. The van der Waals surface area contributed by atoms with Gasteiger partial charge in [0.1, 0.15) is 0 Å². The van der Waals surface area contributed by atoms with Crippen LogP contribution < -0.4 is 0 Å². The molecule has 0 radical (unpaired) electrons. The highest BCUT2D eigenvalue weighted by molar-refractivity contribution is 7.14. The molecule has 1 aromatic heterocycles. The fourth-order valence-corrected chi connectivity index (χ4v) is 4.69. The Hall–Kier alpha value is -1.57. The third kappa shape index (κ3) is 3.16. The van der Waals surface area contributed by atoms with Crippen molar-refractivity contribution >= 4 is 23.2 Å². The number of alkyl halides is 3. The first-order valence-corrected chi connectivity index (χ1v) is 8.69. The van der Waals surface area contributed by atoms with Crippen LogP contribution in [0.5, 0.6) is 0 Å². The van der Waals surface area contributed by atoms with Crippen LogP contribution in [0.4, 0.5) is 13.2 Å². The average Bonchev–Trinajstić information content (AvgIpc) is 3.09. The zero-order chi connectivity index (χ0) is 17.6. The molecular formula is C16H18F3NO3S. The highest BCUT2D eigenvalue weighted by atomic mass is 32.1. The molecule has 1 amide bonds. The Balaban J connectivity index is 1.80. The van der Waals surface area contributed by atoms with Gasteiger partial charge in [-0.1, -0.05) is 6.92 Å². The maximum Gasteiger partial charge on any atom is 0.394 e. The number of halogens is 3. The van der Waals surface area contributed by atoms with Crippen LogP contribution in [-0.2, 0) is 17.6 Å². The van der Waals surface area contributed by atoms with Gasteiger partial charge in [-0.2, -0.15) is 13.2 Å². The normalized spacial score (nSPS) is 27.2. The first kappa shape index (κ1) is 17.3. The number of likely N-dealkylation sites (tertiary alicyclic amines) is 1. The average molecular weight is 361 g/mol. The summed E-state index contributed by atoms with van der Waals surface area (Å²) in [7, 11) is 0. The number of fused-ring (bicyclic) bond motifs is 1. The van der Waals surface area contributed by atoms with E-state index in [2.05, 4.69) is 6.92 Å². The van der Waals surface area contributed by atoms with E-state index in [1.807, 2.05) is 0 Å². The molecule has 3 rings (SSSR count). The second kappa shape index (κ2) is 6.06. The highest BCUT2D eigenvalue weighted by Crippen LogP contribution is 2.39. The van der Waals surface area contributed by atoms with E-state index in [-0.39, 0.29) is 0 Å². The van der Waals surface area contributed by atoms with Crippen molar-refractivity contribution in [2.24, 2.45) is 17.8 Å². The van der Waals surface area contributed by atoms with Crippen LogP contribution in [0.1, 0.15) is 33.5 Å². The molecule has 1 fully saturated rings. The summed E-state index contributed by atoms with van der Waals surface area (Å²) in [6, 6.07) is 1.77. The van der Waals surface area contributed by atoms with Gasteiger partial charge in [-0.25, -0.2) is 0 Å². The minimum absolute atomic E-state index is 0.392. The van der Waals surface area contributed by atoms with E-state index >= 15 is 0 Å². The predicted molar refractivity (Wildman–Crippen MR) is 82.1 cm³/mol. The summed E-state index contributed by atoms with van der Waals surface area (Å²) in [6.45, 7) is 1.16. The van der Waals surface area contributed by atoms with Crippen molar-refractivity contribution in [2.45, 2.75) is 32.4 Å². The minimum Gasteiger partial charge on any atom is -0.481 e. The molecule has 1 N–H and O–H groups in total. The predicted octanol–water partition coefficient (Wildman–Crippen LogP) is 3.21. The van der Waals surface area contributed by atoms with Crippen molar-refractivity contribution in [2.75, 3.05) is 13.1 Å². The van der Waals surface area contributed by atoms with E-state index in [1.165, 1.54) is 11.3 Å². The molecule has 1 aliphatic heterocycles. The quantitative estimate of drug-likeness (QED) is 0.880. The van der Waals surface area contributed by atoms with Gasteiger partial charge in [0.05, 0.1) is 16.7 Å². The van der Waals surface area contributed by atoms with E-state index in [4.69, 9.17) is 5.11 Å². The number of hydrogen-bond donors (Lipinski definition) is 1. The largest absolute Gasteiger partial charge is 0.481 e. The molecule has 3 atom stereocenters. The Morgan fingerprint density at radius 2 is 2.04 bits per heavy atom. The van der Waals surface area contributed by atoms with Crippen LogP contribution >= 0.6 is 11.3 Å². The van der Waals surface area contributed by atoms with Crippen molar-refractivity contribution in [1.29, 1.82) is 0 Å². The summed E-state index contributed by atoms with van der Waals surface area (Å²) in [5.74, 6) is -5.06. The molecule has 1 aliphatic carbocycles. The molecule has 2 heterocycles. The van der Waals surface area contributed by atoms with Crippen molar-refractivity contribution in [1.82, 2.24) is 4.90 Å². The van der Waals surface area contributed by atoms with Gasteiger partial charge < -0.3 is 10.0 Å². The lowest BCUT2D eigenvalue weighted by Crippen LogP contribution is -2.34. The van der Waals surface area contributed by atoms with Crippen LogP contribution in [0.3, 0.4) is 0 Å². The number of carbonyl (C=O) groups excluding carboxylic acids is 1. The number of carboxylic acids is 1. The number of aliphatic carboxylic acids is 1. The molecule has 0 spiro atoms. The summed E-state index contributed by atoms with van der Waals surface area (Å²) < 4.78 is 39.1. The van der Waals surface area contributed by atoms with Crippen molar-refractivity contribution < 1.29 is 27.9 Å². The molecule has 0 bridgehead atoms. The summed E-state index contributed by atoms with van der Waals surface area (Å²) in [4.78, 5) is 26.3. The molecule has 24 heavy (non-hydrogen) atoms. The van der Waals surface area contributed by atoms with Crippen molar-refractivity contribution in [3.05, 3.63) is 21.4 Å². The Morgan fingerprint density at radius 3 is 2.62 bits per heavy atom. The summed E-state index contributed by atoms with van der Waals surface area (Å²) in [6.07, 6.45) is -1.82. The molecule has 4 nitrogen and oxygen atoms in total. The number of carbonyl (C=O) groups is 2. The van der Waals surface area contributed by atoms with Crippen LogP contribution in [0, 0.1) is 17.8 Å². The Kier molecular flexibility index (Phi) is 4.36. The maximum atomic E-state index is 13.0. The second-order valence-electron chi connectivity index (χ2n) is 6.71. The molecule has 2 aliphatic rings. The van der Waals surface area contributed by atoms with E-state index < -0.39 is 43.0 Å². The smallest absolute Gasteiger partial charge is 0.394 e. The first-order chi connectivity index (χ1) is 11.2. The van der Waals surface area contributed by atoms with Crippen LogP contribution in [0.2, 0.25) is 0 Å². The van der Waals surface area contributed by atoms with E-state index in [0.717, 1.165) is 34.6 Å². The van der Waals surface area contributed by atoms with E-state index in [9.17, 15) is 22.8 Å². The number of rotatable bonds is 2. The summed E-state index contributed by atoms with van der Waals surface area (Å²) in [5, 5.41) is 9.04. The Labute approximate surface area is 141 Å². The van der Waals surface area contributed by atoms with Gasteiger partial charge in [-0.15, -0.1) is 11.3 Å². The van der Waals surface area contributed by atoms with Crippen molar-refractivity contribution in [3.63, 3.8) is 0 Å². The zero-order valence-electron chi connectivity index (χ0n) is 13.1. The maximum absolute atomic E-state index is 13.0. The Bertz CT molecular complexity index is 670. The summed E-state index contributed by atoms with van der Waals surface area (Å²) in [5.41, 5.74) is 1.10. The highest BCUT2D eigenvalue weighted by Gasteiger charge is 2.53. The molecule has 1 saturated heterocycles. The summed E-state index contributed by atoms with van der Waals surface area (Å²) >= 11 is 1.33. The van der Waals surface area contributed by atoms with Gasteiger partial charge >= 0.3 is 12.1 Å². The van der Waals surface area contributed by atoms with Gasteiger partial charge in [-0.3, -0.25) is 9.59 Å². The van der Waals surface area contributed by atoms with Gasteiger partial charge in [0.2, 0.25) is 0 Å². The second-order valence-corrected chi connectivity index (χ2v) is 7.85. The van der Waals surface area contributed by atoms with Gasteiger partial charge in [0.25, 0.3) is 5.91 Å². The minimum atomic E-state index is -4.62. The number of nitrogens with zero attached hydrogens (tertiary/aromatic N) is 1. The van der Waals surface area contributed by atoms with Crippen LogP contribution in [-0.4, -0.2) is 41.1 Å². The SMILES string of the molecule is CC1CCc2sc(C(=O)N3C[C@@H](C(F)(F)F)[C@H](C(=O)O)C3)cc2C1. The molecule has 1 unspecified atom stereocenters. The number of aryl methyl sites for hydroxylation is 1. The number of amides is 1. The number of carboxylic acid groups (broad SMARTS) is 1. The standard InChI is InChI=1S/C16H18F3NO3S/c1-8-2-3-12-9(4-8)5-13(24-12)14(21)20-6-10(15(22)23)11(7-20)16(17,18)19/h5,8,10-11H,2-4,6-7H2,1H3,(H,22,23)/t8?,10-,11-/m1/s1. The monoisotopic (exact) mass is 361 g/mol. The lowest BCUT2D eigenvalue weighted by Gasteiger charge is -2.18. The van der Waals surface area contributed by atoms with Gasteiger partial charge in [0, 0.05) is 18.0 Å². The van der Waals surface area contributed by atoms with Crippen LogP contribution in [0.25, 0.3) is 0 Å². The third-order valence-corrected chi connectivity index (χ3v) is 6.11. The van der Waals surface area contributed by atoms with Crippen LogP contribution in [0.15, 0.2) is 6.07 Å².